The van der Waals surface area contributed by atoms with E-state index in [0.29, 0.717) is 5.92 Å². The zero-order valence-corrected chi connectivity index (χ0v) is 13.1. The van der Waals surface area contributed by atoms with Gasteiger partial charge in [-0.3, -0.25) is 4.79 Å². The maximum absolute atomic E-state index is 12.3. The third-order valence-corrected chi connectivity index (χ3v) is 4.12. The fourth-order valence-corrected chi connectivity index (χ4v) is 2.74. The van der Waals surface area contributed by atoms with Crippen molar-refractivity contribution in [2.24, 2.45) is 11.8 Å². The highest BCUT2D eigenvalue weighted by Gasteiger charge is 2.30. The topological polar surface area (TPSA) is 59.6 Å². The number of rotatable bonds is 5. The van der Waals surface area contributed by atoms with Crippen molar-refractivity contribution in [2.75, 3.05) is 27.3 Å². The molecule has 1 amide bonds. The average molecular weight is 292 g/mol. The first-order valence-electron chi connectivity index (χ1n) is 7.29. The van der Waals surface area contributed by atoms with E-state index in [1.54, 1.807) is 14.2 Å². The first kappa shape index (κ1) is 15.6. The van der Waals surface area contributed by atoms with Crippen LogP contribution in [0.15, 0.2) is 18.2 Å². The lowest BCUT2D eigenvalue weighted by molar-refractivity contribution is -0.126. The Labute approximate surface area is 126 Å². The molecule has 1 aromatic carbocycles. The molecule has 0 radical (unpaired) electrons. The highest BCUT2D eigenvalue weighted by molar-refractivity contribution is 5.80. The lowest BCUT2D eigenvalue weighted by Crippen LogP contribution is -2.36. The molecule has 0 spiro atoms. The Morgan fingerprint density at radius 3 is 2.67 bits per heavy atom. The molecule has 1 fully saturated rings. The van der Waals surface area contributed by atoms with Gasteiger partial charge in [-0.25, -0.2) is 0 Å². The fraction of sp³-hybridized carbons (Fsp3) is 0.562. The van der Waals surface area contributed by atoms with Gasteiger partial charge in [0.25, 0.3) is 0 Å². The summed E-state index contributed by atoms with van der Waals surface area (Å²) in [6.07, 6.45) is 0. The van der Waals surface area contributed by atoms with E-state index in [-0.39, 0.29) is 17.9 Å². The quantitative estimate of drug-likeness (QED) is 0.868. The summed E-state index contributed by atoms with van der Waals surface area (Å²) < 4.78 is 10.6. The van der Waals surface area contributed by atoms with Crippen molar-refractivity contribution < 1.29 is 14.3 Å². The Balaban J connectivity index is 2.09. The molecule has 1 aliphatic heterocycles. The number of methoxy groups -OCH3 is 2. The maximum atomic E-state index is 12.3. The van der Waals surface area contributed by atoms with Crippen LogP contribution < -0.4 is 20.1 Å². The van der Waals surface area contributed by atoms with Gasteiger partial charge in [0.15, 0.2) is 0 Å². The summed E-state index contributed by atoms with van der Waals surface area (Å²) in [4.78, 5) is 12.3. The van der Waals surface area contributed by atoms with Gasteiger partial charge in [-0.15, -0.1) is 0 Å². The highest BCUT2D eigenvalue weighted by atomic mass is 16.5. The molecule has 2 N–H and O–H groups in total. The Hall–Kier alpha value is -1.75. The van der Waals surface area contributed by atoms with Gasteiger partial charge in [0, 0.05) is 18.2 Å². The van der Waals surface area contributed by atoms with Gasteiger partial charge in [0.05, 0.1) is 26.2 Å². The molecule has 1 saturated heterocycles. The molecular formula is C16H24N2O3. The smallest absolute Gasteiger partial charge is 0.225 e. The normalized spacial score (nSPS) is 22.7. The Morgan fingerprint density at radius 2 is 2.10 bits per heavy atom. The second kappa shape index (κ2) is 6.80. The van der Waals surface area contributed by atoms with Gasteiger partial charge in [0.2, 0.25) is 5.91 Å². The summed E-state index contributed by atoms with van der Waals surface area (Å²) in [5.74, 6) is 1.96. The Kier molecular flexibility index (Phi) is 5.07. The standard InChI is InChI=1S/C16H24N2O3/c1-10-8-17-9-14(10)16(19)18-11(2)13-6-5-12(20-3)7-15(13)21-4/h5-7,10-11,14,17H,8-9H2,1-4H3,(H,18,19)/t10-,11?,14-/m1/s1. The van der Waals surface area contributed by atoms with Gasteiger partial charge < -0.3 is 20.1 Å². The maximum Gasteiger partial charge on any atom is 0.225 e. The number of hydrogen-bond donors (Lipinski definition) is 2. The number of carbonyl (C=O) groups excluding carboxylic acids is 1. The van der Waals surface area contributed by atoms with E-state index < -0.39 is 0 Å². The molecule has 1 heterocycles. The summed E-state index contributed by atoms with van der Waals surface area (Å²) in [6.45, 7) is 5.72. The lowest BCUT2D eigenvalue weighted by atomic mass is 9.96. The summed E-state index contributed by atoms with van der Waals surface area (Å²) in [7, 11) is 3.24. The molecule has 0 aliphatic carbocycles. The van der Waals surface area contributed by atoms with Crippen molar-refractivity contribution in [2.45, 2.75) is 19.9 Å². The molecule has 5 heteroatoms. The molecule has 2 rings (SSSR count). The van der Waals surface area contributed by atoms with Crippen LogP contribution >= 0.6 is 0 Å². The molecule has 3 atom stereocenters. The lowest BCUT2D eigenvalue weighted by Gasteiger charge is -2.21. The molecular weight excluding hydrogens is 268 g/mol. The first-order valence-corrected chi connectivity index (χ1v) is 7.29. The van der Waals surface area contributed by atoms with E-state index >= 15 is 0 Å². The van der Waals surface area contributed by atoms with Crippen LogP contribution in [0.3, 0.4) is 0 Å². The SMILES string of the molecule is COc1ccc(C(C)NC(=O)[C@@H]2CNC[C@H]2C)c(OC)c1. The van der Waals surface area contributed by atoms with Crippen LogP contribution in [0.2, 0.25) is 0 Å². The molecule has 116 valence electrons. The van der Waals surface area contributed by atoms with Crippen molar-refractivity contribution in [3.8, 4) is 11.5 Å². The van der Waals surface area contributed by atoms with E-state index in [2.05, 4.69) is 17.6 Å². The van der Waals surface area contributed by atoms with Gasteiger partial charge in [0.1, 0.15) is 11.5 Å². The second-order valence-electron chi connectivity index (χ2n) is 5.58. The number of hydrogen-bond acceptors (Lipinski definition) is 4. The van der Waals surface area contributed by atoms with Crippen LogP contribution in [-0.4, -0.2) is 33.2 Å². The fourth-order valence-electron chi connectivity index (χ4n) is 2.74. The number of ether oxygens (including phenoxy) is 2. The second-order valence-corrected chi connectivity index (χ2v) is 5.58. The van der Waals surface area contributed by atoms with Gasteiger partial charge in [-0.1, -0.05) is 6.92 Å². The van der Waals surface area contributed by atoms with Crippen molar-refractivity contribution >= 4 is 5.91 Å². The Morgan fingerprint density at radius 1 is 1.33 bits per heavy atom. The molecule has 1 aliphatic rings. The predicted molar refractivity (Wildman–Crippen MR) is 81.6 cm³/mol. The van der Waals surface area contributed by atoms with Crippen LogP contribution in [0.1, 0.15) is 25.5 Å². The minimum Gasteiger partial charge on any atom is -0.497 e. The molecule has 0 saturated carbocycles. The number of amides is 1. The zero-order valence-electron chi connectivity index (χ0n) is 13.1. The van der Waals surface area contributed by atoms with Crippen molar-refractivity contribution in [3.05, 3.63) is 23.8 Å². The van der Waals surface area contributed by atoms with Crippen molar-refractivity contribution in [1.29, 1.82) is 0 Å². The highest BCUT2D eigenvalue weighted by Crippen LogP contribution is 2.29. The largest absolute Gasteiger partial charge is 0.497 e. The third-order valence-electron chi connectivity index (χ3n) is 4.12. The number of benzene rings is 1. The third kappa shape index (κ3) is 3.47. The first-order chi connectivity index (χ1) is 10.1. The van der Waals surface area contributed by atoms with Crippen LogP contribution in [0.4, 0.5) is 0 Å². The van der Waals surface area contributed by atoms with Crippen LogP contribution in [0, 0.1) is 11.8 Å². The summed E-state index contributed by atoms with van der Waals surface area (Å²) >= 11 is 0. The summed E-state index contributed by atoms with van der Waals surface area (Å²) in [5, 5.41) is 6.33. The molecule has 1 aromatic rings. The minimum atomic E-state index is -0.105. The molecule has 21 heavy (non-hydrogen) atoms. The monoisotopic (exact) mass is 292 g/mol. The van der Waals surface area contributed by atoms with Crippen molar-refractivity contribution in [3.63, 3.8) is 0 Å². The summed E-state index contributed by atoms with van der Waals surface area (Å²) in [6, 6.07) is 5.53. The summed E-state index contributed by atoms with van der Waals surface area (Å²) in [5.41, 5.74) is 0.949. The minimum absolute atomic E-state index is 0.0386. The molecule has 0 bridgehead atoms. The van der Waals surface area contributed by atoms with Crippen LogP contribution in [0.25, 0.3) is 0 Å². The predicted octanol–water partition coefficient (Wildman–Crippen LogP) is 1.74. The molecule has 0 aromatic heterocycles. The van der Waals surface area contributed by atoms with E-state index in [1.165, 1.54) is 0 Å². The average Bonchev–Trinajstić information content (AvgIpc) is 2.92. The van der Waals surface area contributed by atoms with Crippen LogP contribution in [-0.2, 0) is 4.79 Å². The van der Waals surface area contributed by atoms with E-state index in [0.717, 1.165) is 30.2 Å². The van der Waals surface area contributed by atoms with Crippen LogP contribution in [0.5, 0.6) is 11.5 Å². The van der Waals surface area contributed by atoms with E-state index in [9.17, 15) is 4.79 Å². The molecule has 5 nitrogen and oxygen atoms in total. The van der Waals surface area contributed by atoms with Gasteiger partial charge >= 0.3 is 0 Å². The van der Waals surface area contributed by atoms with Gasteiger partial charge in [-0.05, 0) is 31.5 Å². The number of carbonyl (C=O) groups is 1. The zero-order chi connectivity index (χ0) is 15.4. The van der Waals surface area contributed by atoms with Crippen molar-refractivity contribution in [1.82, 2.24) is 10.6 Å². The number of nitrogens with one attached hydrogen (secondary N) is 2. The van der Waals surface area contributed by atoms with E-state index in [1.807, 2.05) is 25.1 Å². The van der Waals surface area contributed by atoms with E-state index in [4.69, 9.17) is 9.47 Å². The Bertz CT molecular complexity index is 504. The molecule has 1 unspecified atom stereocenters. The van der Waals surface area contributed by atoms with Gasteiger partial charge in [-0.2, -0.15) is 0 Å².